The Morgan fingerprint density at radius 1 is 0.618 bits per heavy atom. The third kappa shape index (κ3) is 4.75. The minimum absolute atomic E-state index is 0.0182. The van der Waals surface area contributed by atoms with Crippen LogP contribution in [0.15, 0.2) is 72.8 Å². The van der Waals surface area contributed by atoms with Gasteiger partial charge in [-0.3, -0.25) is 9.59 Å². The summed E-state index contributed by atoms with van der Waals surface area (Å²) in [5, 5.41) is 16.0. The summed E-state index contributed by atoms with van der Waals surface area (Å²) < 4.78 is 13.7. The van der Waals surface area contributed by atoms with Gasteiger partial charge in [0.2, 0.25) is 0 Å². The molecule has 0 spiro atoms. The van der Waals surface area contributed by atoms with Crippen molar-refractivity contribution in [3.8, 4) is 0 Å². The number of benzene rings is 3. The molecule has 10 nitrogen and oxygen atoms in total. The van der Waals surface area contributed by atoms with Crippen LogP contribution in [-0.4, -0.2) is 41.9 Å². The second-order valence-corrected chi connectivity index (χ2v) is 7.61. The molecule has 0 saturated heterocycles. The van der Waals surface area contributed by atoms with Gasteiger partial charge >= 0.3 is 11.9 Å². The predicted octanol–water partition coefficient (Wildman–Crippen LogP) is 2.66. The highest BCUT2D eigenvalue weighted by molar-refractivity contribution is 5.77. The van der Waals surface area contributed by atoms with E-state index in [4.69, 9.17) is 9.47 Å². The second-order valence-electron chi connectivity index (χ2n) is 7.61. The lowest BCUT2D eigenvalue weighted by Gasteiger charge is -2.08. The monoisotopic (exact) mass is 456 g/mol. The van der Waals surface area contributed by atoms with E-state index in [2.05, 4.69) is 20.6 Å². The van der Waals surface area contributed by atoms with Gasteiger partial charge in [-0.25, -0.2) is 9.36 Å². The molecular weight excluding hydrogens is 436 g/mol. The summed E-state index contributed by atoms with van der Waals surface area (Å²) >= 11 is 0. The molecule has 0 aliphatic heterocycles. The predicted molar refractivity (Wildman–Crippen MR) is 121 cm³/mol. The number of carbonyl (C=O) groups excluding carboxylic acids is 2. The fourth-order valence-electron chi connectivity index (χ4n) is 3.46. The van der Waals surface area contributed by atoms with Gasteiger partial charge in [-0.15, -0.1) is 10.2 Å². The average Bonchev–Trinajstić information content (AvgIpc) is 3.46. The summed E-state index contributed by atoms with van der Waals surface area (Å²) in [6.45, 7) is 0.223. The minimum atomic E-state index is -0.408. The summed E-state index contributed by atoms with van der Waals surface area (Å²) in [4.78, 5) is 24.4. The number of hydrogen-bond acceptors (Lipinski definition) is 8. The fourth-order valence-corrected chi connectivity index (χ4v) is 3.46. The molecule has 10 heteroatoms. The maximum absolute atomic E-state index is 12.2. The molecule has 0 N–H and O–H groups in total. The number of hydrogen-bond donors (Lipinski definition) is 0. The van der Waals surface area contributed by atoms with Crippen molar-refractivity contribution in [2.75, 3.05) is 0 Å². The molecule has 5 aromatic rings. The van der Waals surface area contributed by atoms with E-state index in [1.165, 1.54) is 9.36 Å². The Kier molecular flexibility index (Phi) is 5.93. The summed E-state index contributed by atoms with van der Waals surface area (Å²) in [6.07, 6.45) is 0. The number of nitrogens with zero attached hydrogens (tertiary/aromatic N) is 6. The molecule has 0 atom stereocenters. The lowest BCUT2D eigenvalue weighted by molar-refractivity contribution is -0.146. The lowest BCUT2D eigenvalue weighted by atomic mass is 10.1. The van der Waals surface area contributed by atoms with Gasteiger partial charge in [0.15, 0.2) is 0 Å². The van der Waals surface area contributed by atoms with Gasteiger partial charge in [-0.2, -0.15) is 0 Å². The maximum Gasteiger partial charge on any atom is 0.328 e. The molecule has 0 unspecified atom stereocenters. The van der Waals surface area contributed by atoms with Crippen molar-refractivity contribution in [1.82, 2.24) is 30.0 Å². The van der Waals surface area contributed by atoms with Crippen LogP contribution in [0.25, 0.3) is 22.1 Å². The van der Waals surface area contributed by atoms with Crippen LogP contribution in [0.3, 0.4) is 0 Å². The van der Waals surface area contributed by atoms with E-state index in [0.29, 0.717) is 0 Å². The number of ether oxygens (including phenoxy) is 2. The van der Waals surface area contributed by atoms with Crippen LogP contribution in [0.5, 0.6) is 0 Å². The van der Waals surface area contributed by atoms with Crippen molar-refractivity contribution >= 4 is 34.0 Å². The van der Waals surface area contributed by atoms with E-state index < -0.39 is 11.9 Å². The molecule has 0 bridgehead atoms. The first-order valence-electron chi connectivity index (χ1n) is 10.6. The highest BCUT2D eigenvalue weighted by atomic mass is 16.5. The molecule has 3 aromatic carbocycles. The molecule has 0 fully saturated rings. The first-order valence-corrected chi connectivity index (χ1v) is 10.6. The van der Waals surface area contributed by atoms with Crippen LogP contribution in [-0.2, 0) is 45.4 Å². The van der Waals surface area contributed by atoms with Gasteiger partial charge < -0.3 is 9.47 Å². The van der Waals surface area contributed by atoms with Crippen molar-refractivity contribution in [3.05, 3.63) is 83.9 Å². The Morgan fingerprint density at radius 3 is 1.47 bits per heavy atom. The Morgan fingerprint density at radius 2 is 1.03 bits per heavy atom. The van der Waals surface area contributed by atoms with Gasteiger partial charge in [-0.1, -0.05) is 59.0 Å². The van der Waals surface area contributed by atoms with Crippen molar-refractivity contribution in [2.24, 2.45) is 0 Å². The smallest absolute Gasteiger partial charge is 0.328 e. The molecule has 0 aliphatic rings. The number of rotatable bonds is 8. The molecule has 0 saturated carbocycles. The highest BCUT2D eigenvalue weighted by Gasteiger charge is 2.11. The van der Waals surface area contributed by atoms with Crippen LogP contribution in [0.2, 0.25) is 0 Å². The van der Waals surface area contributed by atoms with Crippen LogP contribution < -0.4 is 0 Å². The standard InChI is InChI=1S/C24H20N6O4/c31-23(13-29-21-7-3-1-5-19(21)25-27-29)33-15-17-9-11-18(12-10-17)16-34-24(32)14-30-22-8-4-2-6-20(22)26-28-30/h1-12H,13-16H2. The zero-order valence-electron chi connectivity index (χ0n) is 18.1. The average molecular weight is 456 g/mol. The topological polar surface area (TPSA) is 114 Å². The zero-order valence-corrected chi connectivity index (χ0v) is 18.1. The fraction of sp³-hybridized carbons (Fsp3) is 0.167. The highest BCUT2D eigenvalue weighted by Crippen LogP contribution is 2.12. The van der Waals surface area contributed by atoms with Crippen LogP contribution >= 0.6 is 0 Å². The van der Waals surface area contributed by atoms with E-state index in [1.807, 2.05) is 72.8 Å². The first kappa shape index (κ1) is 21.3. The number of carbonyl (C=O) groups is 2. The number of fused-ring (bicyclic) bond motifs is 2. The van der Waals surface area contributed by atoms with Gasteiger partial charge in [0.05, 0.1) is 11.0 Å². The van der Waals surface area contributed by atoms with Crippen LogP contribution in [0, 0.1) is 0 Å². The normalized spacial score (nSPS) is 11.1. The zero-order chi connectivity index (χ0) is 23.3. The van der Waals surface area contributed by atoms with Gasteiger partial charge in [-0.05, 0) is 35.4 Å². The SMILES string of the molecule is O=C(Cn1nnc2ccccc21)OCc1ccc(COC(=O)Cn2nnc3ccccc32)cc1. The Bertz CT molecular complexity index is 1350. The van der Waals surface area contributed by atoms with E-state index in [0.717, 1.165) is 33.2 Å². The summed E-state index contributed by atoms with van der Waals surface area (Å²) in [5.41, 5.74) is 4.63. The number of esters is 2. The third-order valence-electron chi connectivity index (χ3n) is 5.22. The van der Waals surface area contributed by atoms with Crippen molar-refractivity contribution in [3.63, 3.8) is 0 Å². The number of aromatic nitrogens is 6. The maximum atomic E-state index is 12.2. The van der Waals surface area contributed by atoms with E-state index in [-0.39, 0.29) is 26.3 Å². The van der Waals surface area contributed by atoms with Gasteiger partial charge in [0, 0.05) is 0 Å². The number of para-hydroxylation sites is 2. The molecule has 34 heavy (non-hydrogen) atoms. The third-order valence-corrected chi connectivity index (χ3v) is 5.22. The largest absolute Gasteiger partial charge is 0.459 e. The summed E-state index contributed by atoms with van der Waals surface area (Å²) in [7, 11) is 0. The molecule has 5 rings (SSSR count). The van der Waals surface area contributed by atoms with Crippen LogP contribution in [0.4, 0.5) is 0 Å². The quantitative estimate of drug-likeness (QED) is 0.328. The first-order chi connectivity index (χ1) is 16.7. The summed E-state index contributed by atoms with van der Waals surface area (Å²) in [6, 6.07) is 22.1. The molecule has 0 amide bonds. The molecular formula is C24H20N6O4. The van der Waals surface area contributed by atoms with Gasteiger partial charge in [0.25, 0.3) is 0 Å². The molecule has 2 aromatic heterocycles. The van der Waals surface area contributed by atoms with E-state index in [1.54, 1.807) is 0 Å². The molecule has 0 radical (unpaired) electrons. The molecule has 2 heterocycles. The van der Waals surface area contributed by atoms with E-state index >= 15 is 0 Å². The Labute approximate surface area is 193 Å². The lowest BCUT2D eigenvalue weighted by Crippen LogP contribution is -2.15. The minimum Gasteiger partial charge on any atom is -0.459 e. The van der Waals surface area contributed by atoms with Crippen molar-refractivity contribution < 1.29 is 19.1 Å². The molecule has 0 aliphatic carbocycles. The summed E-state index contributed by atoms with van der Waals surface area (Å²) in [5.74, 6) is -0.816. The van der Waals surface area contributed by atoms with Crippen LogP contribution in [0.1, 0.15) is 11.1 Å². The Balaban J connectivity index is 1.09. The van der Waals surface area contributed by atoms with Gasteiger partial charge in [0.1, 0.15) is 37.3 Å². The Hall–Kier alpha value is -4.60. The second kappa shape index (κ2) is 9.49. The van der Waals surface area contributed by atoms with Crippen molar-refractivity contribution in [2.45, 2.75) is 26.3 Å². The van der Waals surface area contributed by atoms with Crippen molar-refractivity contribution in [1.29, 1.82) is 0 Å². The molecule has 170 valence electrons. The van der Waals surface area contributed by atoms with E-state index in [9.17, 15) is 9.59 Å².